The Kier molecular flexibility index (Phi) is 8.86. The number of hydrazine groups is 1. The second-order valence-corrected chi connectivity index (χ2v) is 7.66. The van der Waals surface area contributed by atoms with Crippen LogP contribution in [0.25, 0.3) is 0 Å². The van der Waals surface area contributed by atoms with Crippen LogP contribution in [0, 0.1) is 0 Å². The lowest BCUT2D eigenvalue weighted by atomic mass is 10.2. The Morgan fingerprint density at radius 1 is 0.958 bits per heavy atom. The molecule has 0 aliphatic rings. The molecule has 0 bridgehead atoms. The Labute approximate surface area is 146 Å². The van der Waals surface area contributed by atoms with Crippen molar-refractivity contribution in [3.63, 3.8) is 0 Å². The first-order chi connectivity index (χ1) is 10.9. The summed E-state index contributed by atoms with van der Waals surface area (Å²) in [6, 6.07) is 0. The second kappa shape index (κ2) is 9.55. The molecule has 0 aliphatic heterocycles. The van der Waals surface area contributed by atoms with Crippen molar-refractivity contribution in [3.05, 3.63) is 11.8 Å². The second-order valence-electron chi connectivity index (χ2n) is 7.66. The van der Waals surface area contributed by atoms with E-state index in [1.165, 1.54) is 5.01 Å². The van der Waals surface area contributed by atoms with Gasteiger partial charge in [0.2, 0.25) is 0 Å². The molecule has 0 aliphatic carbocycles. The molecule has 0 saturated heterocycles. The van der Waals surface area contributed by atoms with Gasteiger partial charge in [-0.3, -0.25) is 0 Å². The average Bonchev–Trinajstić information content (AvgIpc) is 2.37. The van der Waals surface area contributed by atoms with Gasteiger partial charge in [0.05, 0.1) is 0 Å². The van der Waals surface area contributed by atoms with Crippen LogP contribution in [0.2, 0.25) is 0 Å². The van der Waals surface area contributed by atoms with Gasteiger partial charge >= 0.3 is 12.2 Å². The maximum absolute atomic E-state index is 12.5. The van der Waals surface area contributed by atoms with Crippen molar-refractivity contribution in [1.82, 2.24) is 10.4 Å². The van der Waals surface area contributed by atoms with E-state index < -0.39 is 23.4 Å². The van der Waals surface area contributed by atoms with Crippen LogP contribution in [0.4, 0.5) is 9.59 Å². The fraction of sp³-hybridized carbons (Fsp3) is 0.778. The zero-order valence-electron chi connectivity index (χ0n) is 16.5. The molecule has 6 nitrogen and oxygen atoms in total. The van der Waals surface area contributed by atoms with Gasteiger partial charge in [-0.25, -0.2) is 15.0 Å². The lowest BCUT2D eigenvalue weighted by Crippen LogP contribution is -2.49. The van der Waals surface area contributed by atoms with Gasteiger partial charge in [0.25, 0.3) is 0 Å². The number of allylic oxidation sites excluding steroid dienone is 2. The fourth-order valence-corrected chi connectivity index (χ4v) is 1.81. The third-order valence-electron chi connectivity index (χ3n) is 2.64. The van der Waals surface area contributed by atoms with E-state index in [0.717, 1.165) is 19.3 Å². The SMILES string of the molecule is CCC/C=C(\CCC)N(NC(=O)OC(C)(C)C)C(=O)OC(C)(C)C. The van der Waals surface area contributed by atoms with Crippen molar-refractivity contribution in [2.75, 3.05) is 0 Å². The van der Waals surface area contributed by atoms with Crippen molar-refractivity contribution < 1.29 is 19.1 Å². The summed E-state index contributed by atoms with van der Waals surface area (Å²) < 4.78 is 10.7. The summed E-state index contributed by atoms with van der Waals surface area (Å²) in [7, 11) is 0. The molecule has 1 N–H and O–H groups in total. The molecule has 0 aromatic heterocycles. The molecular weight excluding hydrogens is 308 g/mol. The van der Waals surface area contributed by atoms with Crippen molar-refractivity contribution in [1.29, 1.82) is 0 Å². The van der Waals surface area contributed by atoms with E-state index in [0.29, 0.717) is 12.1 Å². The predicted octanol–water partition coefficient (Wildman–Crippen LogP) is 5.15. The molecule has 0 radical (unpaired) electrons. The van der Waals surface area contributed by atoms with E-state index in [1.54, 1.807) is 41.5 Å². The summed E-state index contributed by atoms with van der Waals surface area (Å²) in [5.41, 5.74) is 1.92. The number of ether oxygens (including phenoxy) is 2. The van der Waals surface area contributed by atoms with Crippen LogP contribution in [0.15, 0.2) is 11.8 Å². The molecule has 0 aromatic rings. The first-order valence-electron chi connectivity index (χ1n) is 8.61. The Bertz CT molecular complexity index is 445. The zero-order valence-corrected chi connectivity index (χ0v) is 16.5. The van der Waals surface area contributed by atoms with E-state index in [2.05, 4.69) is 12.3 Å². The number of carbonyl (C=O) groups excluding carboxylic acids is 2. The molecule has 0 rings (SSSR count). The molecule has 0 spiro atoms. The van der Waals surface area contributed by atoms with Crippen LogP contribution in [-0.4, -0.2) is 28.4 Å². The minimum absolute atomic E-state index is 0.621. The van der Waals surface area contributed by atoms with Crippen molar-refractivity contribution in [2.45, 2.75) is 92.3 Å². The number of nitrogens with one attached hydrogen (secondary N) is 1. The predicted molar refractivity (Wildman–Crippen MR) is 95.3 cm³/mol. The summed E-state index contributed by atoms with van der Waals surface area (Å²) >= 11 is 0. The van der Waals surface area contributed by atoms with Crippen LogP contribution < -0.4 is 5.43 Å². The molecule has 6 heteroatoms. The molecule has 24 heavy (non-hydrogen) atoms. The number of hydrogen-bond donors (Lipinski definition) is 1. The Morgan fingerprint density at radius 2 is 1.50 bits per heavy atom. The number of amides is 2. The molecule has 0 fully saturated rings. The van der Waals surface area contributed by atoms with Gasteiger partial charge in [-0.1, -0.05) is 32.8 Å². The van der Waals surface area contributed by atoms with Crippen LogP contribution in [-0.2, 0) is 9.47 Å². The molecule has 0 aromatic carbocycles. The monoisotopic (exact) mass is 342 g/mol. The lowest BCUT2D eigenvalue weighted by Gasteiger charge is -2.30. The molecule has 0 unspecified atom stereocenters. The highest BCUT2D eigenvalue weighted by molar-refractivity contribution is 5.76. The van der Waals surface area contributed by atoms with Crippen molar-refractivity contribution >= 4 is 12.2 Å². The van der Waals surface area contributed by atoms with Crippen LogP contribution in [0.1, 0.15) is 81.1 Å². The standard InChI is InChI=1S/C18H34N2O4/c1-9-11-13-14(12-10-2)20(16(22)24-18(6,7)8)19-15(21)23-17(3,4)5/h13H,9-12H2,1-8H3,(H,19,21)/b14-13+. The van der Waals surface area contributed by atoms with Gasteiger partial charge in [0, 0.05) is 5.70 Å². The van der Waals surface area contributed by atoms with Gasteiger partial charge in [-0.2, -0.15) is 5.01 Å². The van der Waals surface area contributed by atoms with Gasteiger partial charge in [0.1, 0.15) is 11.2 Å². The van der Waals surface area contributed by atoms with Crippen LogP contribution in [0.3, 0.4) is 0 Å². The topological polar surface area (TPSA) is 67.9 Å². The van der Waals surface area contributed by atoms with Gasteiger partial charge < -0.3 is 9.47 Å². The maximum Gasteiger partial charge on any atom is 0.433 e. The van der Waals surface area contributed by atoms with Gasteiger partial charge in [-0.15, -0.1) is 0 Å². The zero-order chi connectivity index (χ0) is 19.0. The smallest absolute Gasteiger partial charge is 0.433 e. The van der Waals surface area contributed by atoms with E-state index in [-0.39, 0.29) is 0 Å². The highest BCUT2D eigenvalue weighted by Gasteiger charge is 2.28. The molecule has 140 valence electrons. The number of nitrogens with zero attached hydrogens (tertiary/aromatic N) is 1. The molecule has 0 saturated carbocycles. The lowest BCUT2D eigenvalue weighted by molar-refractivity contribution is 0.00846. The molecule has 0 atom stereocenters. The highest BCUT2D eigenvalue weighted by Crippen LogP contribution is 2.17. The highest BCUT2D eigenvalue weighted by atomic mass is 16.6. The number of carbonyl (C=O) groups is 2. The third kappa shape index (κ3) is 10.1. The summed E-state index contributed by atoms with van der Waals surface area (Å²) in [5.74, 6) is 0. The summed E-state index contributed by atoms with van der Waals surface area (Å²) in [6.07, 6.45) is 3.88. The van der Waals surface area contributed by atoms with Crippen LogP contribution >= 0.6 is 0 Å². The molecule has 2 amide bonds. The van der Waals surface area contributed by atoms with Gasteiger partial charge in [0.15, 0.2) is 0 Å². The molecule has 0 heterocycles. The van der Waals surface area contributed by atoms with E-state index >= 15 is 0 Å². The Balaban J connectivity index is 5.40. The summed E-state index contributed by atoms with van der Waals surface area (Å²) in [6.45, 7) is 14.7. The minimum atomic E-state index is -0.688. The maximum atomic E-state index is 12.5. The van der Waals surface area contributed by atoms with Gasteiger partial charge in [-0.05, 0) is 54.4 Å². The number of unbranched alkanes of at least 4 members (excludes halogenated alkanes) is 1. The Morgan fingerprint density at radius 3 is 1.92 bits per heavy atom. The van der Waals surface area contributed by atoms with E-state index in [1.807, 2.05) is 13.0 Å². The quantitative estimate of drug-likeness (QED) is 0.702. The number of hydrogen-bond acceptors (Lipinski definition) is 4. The van der Waals surface area contributed by atoms with Crippen molar-refractivity contribution in [3.8, 4) is 0 Å². The van der Waals surface area contributed by atoms with Crippen LogP contribution in [0.5, 0.6) is 0 Å². The first-order valence-corrected chi connectivity index (χ1v) is 8.61. The average molecular weight is 342 g/mol. The van der Waals surface area contributed by atoms with Crippen molar-refractivity contribution in [2.24, 2.45) is 0 Å². The largest absolute Gasteiger partial charge is 0.443 e. The Hall–Kier alpha value is -1.72. The summed E-state index contributed by atoms with van der Waals surface area (Å²) in [4.78, 5) is 24.6. The minimum Gasteiger partial charge on any atom is -0.443 e. The van der Waals surface area contributed by atoms with E-state index in [4.69, 9.17) is 9.47 Å². The third-order valence-corrected chi connectivity index (χ3v) is 2.64. The fourth-order valence-electron chi connectivity index (χ4n) is 1.81. The molecular formula is C18H34N2O4. The number of rotatable bonds is 5. The summed E-state index contributed by atoms with van der Waals surface area (Å²) in [5, 5.41) is 1.17. The first kappa shape index (κ1) is 22.3. The normalized spacial score (nSPS) is 12.6. The van der Waals surface area contributed by atoms with E-state index in [9.17, 15) is 9.59 Å².